The van der Waals surface area contributed by atoms with E-state index in [1.807, 2.05) is 71.4 Å². The molecule has 0 aromatic carbocycles. The van der Waals surface area contributed by atoms with Crippen molar-refractivity contribution in [1.82, 2.24) is 77.7 Å². The molecule has 3 fully saturated rings. The lowest BCUT2D eigenvalue weighted by molar-refractivity contribution is 0.00721. The molecule has 0 bridgehead atoms. The zero-order valence-corrected chi connectivity index (χ0v) is 40.3. The third-order valence-electron chi connectivity index (χ3n) is 14.7. The van der Waals surface area contributed by atoms with Crippen molar-refractivity contribution in [2.24, 2.45) is 14.1 Å². The highest BCUT2D eigenvalue weighted by molar-refractivity contribution is 5.85. The van der Waals surface area contributed by atoms with Crippen molar-refractivity contribution >= 4 is 45.9 Å². The molecule has 0 amide bonds. The molecule has 3 aliphatic rings. The van der Waals surface area contributed by atoms with E-state index < -0.39 is 24.3 Å². The first-order chi connectivity index (χ1) is 34.2. The Morgan fingerprint density at radius 2 is 1.07 bits per heavy atom. The molecule has 8 aromatic rings. The van der Waals surface area contributed by atoms with Crippen LogP contribution in [0.3, 0.4) is 0 Å². The summed E-state index contributed by atoms with van der Waals surface area (Å²) in [6.45, 7) is 5.45. The molecule has 11 rings (SSSR count). The lowest BCUT2D eigenvalue weighted by Gasteiger charge is -2.30. The van der Waals surface area contributed by atoms with Gasteiger partial charge >= 0.3 is 0 Å². The highest BCUT2D eigenvalue weighted by Crippen LogP contribution is 2.42. The average molecular weight is 953 g/mol. The second-order valence-electron chi connectivity index (χ2n) is 19.5. The first-order valence-electron chi connectivity index (χ1n) is 25.0. The number of aliphatic hydroxyl groups is 2. The minimum absolute atomic E-state index is 0.116. The van der Waals surface area contributed by atoms with E-state index in [0.717, 1.165) is 98.1 Å². The van der Waals surface area contributed by atoms with E-state index in [0.29, 0.717) is 60.9 Å². The van der Waals surface area contributed by atoms with Crippen molar-refractivity contribution in [3.05, 3.63) is 85.0 Å². The van der Waals surface area contributed by atoms with Crippen LogP contribution in [0.1, 0.15) is 112 Å². The molecule has 0 saturated heterocycles. The molecule has 6 N–H and O–H groups in total. The molecule has 22 nitrogen and oxygen atoms in total. The van der Waals surface area contributed by atoms with Gasteiger partial charge in [-0.2, -0.15) is 30.1 Å². The van der Waals surface area contributed by atoms with Crippen LogP contribution in [-0.2, 0) is 39.8 Å². The molecule has 8 heterocycles. The summed E-state index contributed by atoms with van der Waals surface area (Å²) >= 11 is 0. The molecule has 70 heavy (non-hydrogen) atoms. The van der Waals surface area contributed by atoms with E-state index in [2.05, 4.69) is 65.6 Å². The van der Waals surface area contributed by atoms with Crippen molar-refractivity contribution in [1.29, 1.82) is 0 Å². The number of hydrogen-bond donors (Lipinski definition) is 6. The van der Waals surface area contributed by atoms with Gasteiger partial charge < -0.3 is 49.7 Å². The van der Waals surface area contributed by atoms with Crippen LogP contribution in [0.4, 0.5) is 23.5 Å². The van der Waals surface area contributed by atoms with Gasteiger partial charge in [0, 0.05) is 82.9 Å². The Kier molecular flexibility index (Phi) is 12.6. The Balaban J connectivity index is 0.809. The van der Waals surface area contributed by atoms with Gasteiger partial charge in [0.2, 0.25) is 11.9 Å². The third-order valence-corrected chi connectivity index (χ3v) is 14.7. The quantitative estimate of drug-likeness (QED) is 0.0665. The van der Waals surface area contributed by atoms with Crippen molar-refractivity contribution in [3.8, 4) is 0 Å². The summed E-state index contributed by atoms with van der Waals surface area (Å²) in [5, 5.41) is 46.5. The van der Waals surface area contributed by atoms with Crippen LogP contribution in [0.2, 0.25) is 0 Å². The molecule has 0 radical (unpaired) electrons. The molecule has 0 spiro atoms. The van der Waals surface area contributed by atoms with Gasteiger partial charge in [-0.25, -0.2) is 19.9 Å². The molecule has 6 atom stereocenters. The first kappa shape index (κ1) is 45.5. The van der Waals surface area contributed by atoms with Gasteiger partial charge in [-0.05, 0) is 75.3 Å². The number of nitrogens with one attached hydrogen (secondary N) is 4. The van der Waals surface area contributed by atoms with Crippen LogP contribution in [0.25, 0.3) is 22.3 Å². The number of nitrogens with zero attached hydrogens (tertiary/aromatic N) is 16. The number of hydrogen-bond acceptors (Lipinski definition) is 16. The highest BCUT2D eigenvalue weighted by atomic mass is 16.3. The molecule has 8 aromatic heterocycles. The number of fused-ring (bicyclic) bond motifs is 2. The van der Waals surface area contributed by atoms with Gasteiger partial charge in [0.05, 0.1) is 67.2 Å². The van der Waals surface area contributed by atoms with E-state index in [4.69, 9.17) is 35.0 Å². The number of rotatable bonds is 18. The maximum absolute atomic E-state index is 11.5. The van der Waals surface area contributed by atoms with Gasteiger partial charge in [0.15, 0.2) is 34.0 Å². The van der Waals surface area contributed by atoms with E-state index in [9.17, 15) is 10.2 Å². The summed E-state index contributed by atoms with van der Waals surface area (Å²) in [5.41, 5.74) is 7.09. The van der Waals surface area contributed by atoms with E-state index in [1.54, 1.807) is 17.3 Å². The van der Waals surface area contributed by atoms with Gasteiger partial charge in [-0.15, -0.1) is 0 Å². The van der Waals surface area contributed by atoms with Gasteiger partial charge in [-0.3, -0.25) is 9.36 Å². The fourth-order valence-corrected chi connectivity index (χ4v) is 10.7. The normalized spacial score (nSPS) is 23.7. The van der Waals surface area contributed by atoms with Crippen molar-refractivity contribution in [2.45, 2.75) is 139 Å². The van der Waals surface area contributed by atoms with Crippen molar-refractivity contribution in [3.63, 3.8) is 0 Å². The lowest BCUT2D eigenvalue weighted by Crippen LogP contribution is -2.33. The average Bonchev–Trinajstić information content (AvgIpc) is 4.22. The lowest BCUT2D eigenvalue weighted by atomic mass is 9.91. The Bertz CT molecular complexity index is 3040. The summed E-state index contributed by atoms with van der Waals surface area (Å²) in [4.78, 5) is 38.9. The number of aryl methyl sites for hydroxylation is 4. The standard InChI is InChI=1S/C48H64N20O2/c1-5-29-19-55-67(21-29)36-12-11-35(17-36)65-27-53-39-43(59-47(61-45(39)65)49-15-13-33-23-63(3)25-51-33)57-31-7-9-32(10-8-31)58-44-40-46(62-48(60-44)50-16-14-34-24-64(4)26-52-34)66(28-54-40)37-18-38(42(70)41(37)69)68-22-30(6-2)20-56-68/h19-28,31-32,35-38,41-42,69-70H,5-18H2,1-4H3,(H2,49,57,59,61)(H2,50,58,60,62)/t31-,32-,35-,36+,37+,38-,41-,42+/m0/s1. The molecular weight excluding hydrogens is 889 g/mol. The van der Waals surface area contributed by atoms with E-state index in [-0.39, 0.29) is 18.1 Å². The Hall–Kier alpha value is -6.94. The number of aromatic nitrogens is 16. The highest BCUT2D eigenvalue weighted by Gasteiger charge is 2.45. The predicted molar refractivity (Wildman–Crippen MR) is 265 cm³/mol. The maximum atomic E-state index is 11.5. The molecule has 368 valence electrons. The SMILES string of the molecule is CCc1cnn([C@@H]2CC[C@H](n3cnc4c(N[C@H]5CC[C@H](Nc6nc(NCCc7cn(C)cn7)nc7c6ncn7[C@@H]6C[C@H](n7cc(CC)cn7)[C@@H](O)[C@H]6O)CC5)nc(NCCc5cn(C)cn5)nc43)C2)c1. The summed E-state index contributed by atoms with van der Waals surface area (Å²) in [6, 6.07) is -0.0214. The topological polar surface area (TPSA) is 247 Å². The van der Waals surface area contributed by atoms with Crippen LogP contribution in [0.5, 0.6) is 0 Å². The first-order valence-corrected chi connectivity index (χ1v) is 25.0. The third kappa shape index (κ3) is 9.28. The Morgan fingerprint density at radius 1 is 0.557 bits per heavy atom. The fourth-order valence-electron chi connectivity index (χ4n) is 10.7. The van der Waals surface area contributed by atoms with Crippen LogP contribution >= 0.6 is 0 Å². The van der Waals surface area contributed by atoms with Gasteiger partial charge in [0.1, 0.15) is 12.2 Å². The van der Waals surface area contributed by atoms with E-state index in [1.165, 1.54) is 5.56 Å². The minimum Gasteiger partial charge on any atom is -0.388 e. The molecule has 3 aliphatic carbocycles. The summed E-state index contributed by atoms with van der Waals surface area (Å²) in [5.74, 6) is 2.38. The summed E-state index contributed by atoms with van der Waals surface area (Å²) < 4.78 is 12.0. The summed E-state index contributed by atoms with van der Waals surface area (Å²) in [6.07, 6.45) is 27.4. The van der Waals surface area contributed by atoms with Gasteiger partial charge in [0.25, 0.3) is 0 Å². The Labute approximate surface area is 405 Å². The number of anilines is 4. The predicted octanol–water partition coefficient (Wildman–Crippen LogP) is 4.97. The smallest absolute Gasteiger partial charge is 0.226 e. The van der Waals surface area contributed by atoms with Crippen LogP contribution in [0, 0.1) is 0 Å². The maximum Gasteiger partial charge on any atom is 0.226 e. The minimum atomic E-state index is -1.05. The van der Waals surface area contributed by atoms with Crippen LogP contribution < -0.4 is 21.3 Å². The second kappa shape index (κ2) is 19.5. The molecule has 22 heteroatoms. The molecule has 3 saturated carbocycles. The van der Waals surface area contributed by atoms with Gasteiger partial charge in [-0.1, -0.05) is 13.8 Å². The monoisotopic (exact) mass is 953 g/mol. The fraction of sp³-hybridized carbons (Fsp3) is 0.542. The summed E-state index contributed by atoms with van der Waals surface area (Å²) in [7, 11) is 3.94. The molecule has 0 unspecified atom stereocenters. The van der Waals surface area contributed by atoms with E-state index >= 15 is 0 Å². The number of imidazole rings is 4. The second-order valence-corrected chi connectivity index (χ2v) is 19.5. The number of aliphatic hydroxyl groups excluding tert-OH is 2. The van der Waals surface area contributed by atoms with Crippen molar-refractivity contribution < 1.29 is 10.2 Å². The zero-order valence-electron chi connectivity index (χ0n) is 40.3. The van der Waals surface area contributed by atoms with Crippen molar-refractivity contribution in [2.75, 3.05) is 34.4 Å². The van der Waals surface area contributed by atoms with Crippen LogP contribution in [-0.4, -0.2) is 125 Å². The largest absolute Gasteiger partial charge is 0.388 e. The Morgan fingerprint density at radius 3 is 1.61 bits per heavy atom. The zero-order chi connectivity index (χ0) is 47.9. The molecule has 0 aliphatic heterocycles. The van der Waals surface area contributed by atoms with Crippen LogP contribution in [0.15, 0.2) is 62.5 Å². The molecular formula is C48H64N20O2.